The Morgan fingerprint density at radius 3 is 2.85 bits per heavy atom. The van der Waals surface area contributed by atoms with E-state index < -0.39 is 0 Å². The Bertz CT molecular complexity index is 863. The van der Waals surface area contributed by atoms with Crippen LogP contribution in [0.1, 0.15) is 17.8 Å². The Morgan fingerprint density at radius 1 is 1.30 bits per heavy atom. The van der Waals surface area contributed by atoms with Crippen molar-refractivity contribution in [2.24, 2.45) is 7.05 Å². The molecule has 1 aromatic carbocycles. The first kappa shape index (κ1) is 19.8. The number of nitrogens with zero attached hydrogens (tertiary/aromatic N) is 5. The molecule has 1 aliphatic heterocycles. The zero-order valence-electron chi connectivity index (χ0n) is 15.0. The summed E-state index contributed by atoms with van der Waals surface area (Å²) in [5.41, 5.74) is 0.900. The Balaban J connectivity index is 0.00000210. The lowest BCUT2D eigenvalue weighted by atomic mass is 10.1. The lowest BCUT2D eigenvalue weighted by Crippen LogP contribution is -2.47. The number of hydrogen-bond donors (Lipinski definition) is 1. The van der Waals surface area contributed by atoms with Crippen molar-refractivity contribution >= 4 is 24.0 Å². The van der Waals surface area contributed by atoms with Gasteiger partial charge in [-0.25, -0.2) is 4.98 Å². The van der Waals surface area contributed by atoms with E-state index in [4.69, 9.17) is 16.1 Å². The van der Waals surface area contributed by atoms with E-state index in [0.717, 1.165) is 37.6 Å². The summed E-state index contributed by atoms with van der Waals surface area (Å²) in [5, 5.41) is 8.23. The number of piperazine rings is 1. The lowest BCUT2D eigenvalue weighted by molar-refractivity contribution is 0.150. The number of aromatic nitrogens is 4. The molecule has 1 saturated heterocycles. The first-order valence-electron chi connectivity index (χ1n) is 8.71. The average Bonchev–Trinajstić information content (AvgIpc) is 3.30. The minimum Gasteiger partial charge on any atom is -0.339 e. The molecule has 1 N–H and O–H groups in total. The molecule has 144 valence electrons. The molecule has 3 heterocycles. The fourth-order valence-corrected chi connectivity index (χ4v) is 3.40. The van der Waals surface area contributed by atoms with Gasteiger partial charge in [-0.15, -0.1) is 12.4 Å². The number of benzene rings is 1. The van der Waals surface area contributed by atoms with Crippen molar-refractivity contribution in [3.8, 4) is 11.4 Å². The highest BCUT2D eigenvalue weighted by Crippen LogP contribution is 2.22. The highest BCUT2D eigenvalue weighted by Gasteiger charge is 2.26. The molecule has 27 heavy (non-hydrogen) atoms. The summed E-state index contributed by atoms with van der Waals surface area (Å²) in [6.07, 6.45) is 4.54. The number of aryl methyl sites for hydroxylation is 1. The topological polar surface area (TPSA) is 72.0 Å². The zero-order valence-corrected chi connectivity index (χ0v) is 16.6. The summed E-state index contributed by atoms with van der Waals surface area (Å²) in [6, 6.07) is 7.69. The van der Waals surface area contributed by atoms with E-state index in [1.807, 2.05) is 43.7 Å². The third-order valence-corrected chi connectivity index (χ3v) is 4.95. The predicted octanol–water partition coefficient (Wildman–Crippen LogP) is 2.73. The van der Waals surface area contributed by atoms with Gasteiger partial charge in [0.15, 0.2) is 0 Å². The SMILES string of the molecule is Cl.Cn1ccnc1C1CNCCN1CCc1nc(-c2ccc(Cl)cc2)no1. The van der Waals surface area contributed by atoms with Crippen LogP contribution in [0.3, 0.4) is 0 Å². The third-order valence-electron chi connectivity index (χ3n) is 4.69. The molecule has 0 aliphatic carbocycles. The van der Waals surface area contributed by atoms with Crippen LogP contribution in [0.25, 0.3) is 11.4 Å². The largest absolute Gasteiger partial charge is 0.339 e. The fourth-order valence-electron chi connectivity index (χ4n) is 3.28. The molecule has 9 heteroatoms. The molecule has 3 aromatic rings. The van der Waals surface area contributed by atoms with Gasteiger partial charge in [0.2, 0.25) is 11.7 Å². The second kappa shape index (κ2) is 8.84. The van der Waals surface area contributed by atoms with Gasteiger partial charge in [-0.1, -0.05) is 16.8 Å². The first-order valence-corrected chi connectivity index (χ1v) is 9.09. The number of imidazole rings is 1. The molecule has 0 amide bonds. The smallest absolute Gasteiger partial charge is 0.228 e. The van der Waals surface area contributed by atoms with Gasteiger partial charge >= 0.3 is 0 Å². The normalized spacial score (nSPS) is 17.6. The van der Waals surface area contributed by atoms with E-state index in [0.29, 0.717) is 23.2 Å². The van der Waals surface area contributed by atoms with E-state index in [9.17, 15) is 0 Å². The maximum absolute atomic E-state index is 5.93. The summed E-state index contributed by atoms with van der Waals surface area (Å²) in [4.78, 5) is 11.5. The molecular formula is C18H22Cl2N6O. The number of hydrogen-bond acceptors (Lipinski definition) is 6. The quantitative estimate of drug-likeness (QED) is 0.699. The zero-order chi connectivity index (χ0) is 17.9. The van der Waals surface area contributed by atoms with Crippen molar-refractivity contribution in [2.45, 2.75) is 12.5 Å². The molecule has 1 unspecified atom stereocenters. The van der Waals surface area contributed by atoms with Crippen LogP contribution in [-0.2, 0) is 13.5 Å². The summed E-state index contributed by atoms with van der Waals surface area (Å²) in [7, 11) is 2.03. The fraction of sp³-hybridized carbons (Fsp3) is 0.389. The lowest BCUT2D eigenvalue weighted by Gasteiger charge is -2.35. The summed E-state index contributed by atoms with van der Waals surface area (Å²) in [5.74, 6) is 2.31. The van der Waals surface area contributed by atoms with Gasteiger partial charge in [0.05, 0.1) is 6.04 Å². The van der Waals surface area contributed by atoms with E-state index in [-0.39, 0.29) is 18.4 Å². The van der Waals surface area contributed by atoms with Gasteiger partial charge in [-0.3, -0.25) is 4.90 Å². The van der Waals surface area contributed by atoms with Gasteiger partial charge < -0.3 is 14.4 Å². The van der Waals surface area contributed by atoms with Crippen LogP contribution in [0.2, 0.25) is 5.02 Å². The van der Waals surface area contributed by atoms with Crippen LogP contribution in [-0.4, -0.2) is 50.8 Å². The standard InChI is InChI=1S/C18H21ClN6O.ClH/c1-24-10-8-21-18(24)15-12-20-7-11-25(15)9-6-16-22-17(23-26-16)13-2-4-14(19)5-3-13;/h2-5,8,10,15,20H,6-7,9,11-12H2,1H3;1H. The number of rotatable bonds is 5. The maximum atomic E-state index is 5.93. The molecule has 0 bridgehead atoms. The molecule has 7 nitrogen and oxygen atoms in total. The van der Waals surface area contributed by atoms with Gasteiger partial charge in [0.25, 0.3) is 0 Å². The van der Waals surface area contributed by atoms with Crippen LogP contribution in [0, 0.1) is 0 Å². The summed E-state index contributed by atoms with van der Waals surface area (Å²) in [6.45, 7) is 3.68. The highest BCUT2D eigenvalue weighted by molar-refractivity contribution is 6.30. The summed E-state index contributed by atoms with van der Waals surface area (Å²) < 4.78 is 7.51. The molecule has 4 rings (SSSR count). The minimum atomic E-state index is 0. The molecule has 1 fully saturated rings. The highest BCUT2D eigenvalue weighted by atomic mass is 35.5. The van der Waals surface area contributed by atoms with Gasteiger partial charge in [-0.2, -0.15) is 4.98 Å². The van der Waals surface area contributed by atoms with Crippen molar-refractivity contribution in [3.05, 3.63) is 53.4 Å². The predicted molar refractivity (Wildman–Crippen MR) is 106 cm³/mol. The van der Waals surface area contributed by atoms with Gasteiger partial charge in [0, 0.05) is 62.6 Å². The van der Waals surface area contributed by atoms with Gasteiger partial charge in [0.1, 0.15) is 5.82 Å². The van der Waals surface area contributed by atoms with Crippen LogP contribution in [0.4, 0.5) is 0 Å². The Morgan fingerprint density at radius 2 is 2.11 bits per heavy atom. The van der Waals surface area contributed by atoms with Crippen molar-refractivity contribution in [3.63, 3.8) is 0 Å². The number of halogens is 2. The second-order valence-corrected chi connectivity index (χ2v) is 6.86. The third kappa shape index (κ3) is 4.50. The van der Waals surface area contributed by atoms with Crippen molar-refractivity contribution in [1.29, 1.82) is 0 Å². The second-order valence-electron chi connectivity index (χ2n) is 6.42. The average molecular weight is 409 g/mol. The molecule has 0 saturated carbocycles. The Hall–Kier alpha value is -1.93. The van der Waals surface area contributed by atoms with Gasteiger partial charge in [-0.05, 0) is 24.3 Å². The Labute approximate surface area is 169 Å². The van der Waals surface area contributed by atoms with Crippen molar-refractivity contribution in [1.82, 2.24) is 29.9 Å². The molecule has 1 aliphatic rings. The first-order chi connectivity index (χ1) is 12.7. The minimum absolute atomic E-state index is 0. The maximum Gasteiger partial charge on any atom is 0.228 e. The van der Waals surface area contributed by atoms with Crippen molar-refractivity contribution in [2.75, 3.05) is 26.2 Å². The van der Waals surface area contributed by atoms with E-state index >= 15 is 0 Å². The van der Waals surface area contributed by atoms with Crippen LogP contribution in [0.5, 0.6) is 0 Å². The van der Waals surface area contributed by atoms with E-state index in [2.05, 4.69) is 29.9 Å². The monoisotopic (exact) mass is 408 g/mol. The number of nitrogens with one attached hydrogen (secondary N) is 1. The van der Waals surface area contributed by atoms with Crippen LogP contribution >= 0.6 is 24.0 Å². The van der Waals surface area contributed by atoms with Crippen molar-refractivity contribution < 1.29 is 4.52 Å². The molecule has 1 atom stereocenters. The van der Waals surface area contributed by atoms with Crippen LogP contribution < -0.4 is 5.32 Å². The molecule has 0 radical (unpaired) electrons. The molecule has 2 aromatic heterocycles. The molecular weight excluding hydrogens is 387 g/mol. The molecule has 0 spiro atoms. The summed E-state index contributed by atoms with van der Waals surface area (Å²) >= 11 is 5.93. The van der Waals surface area contributed by atoms with E-state index in [1.54, 1.807) is 0 Å². The van der Waals surface area contributed by atoms with Crippen LogP contribution in [0.15, 0.2) is 41.2 Å². The Kier molecular flexibility index (Phi) is 6.49. The van der Waals surface area contributed by atoms with E-state index in [1.165, 1.54) is 0 Å².